The summed E-state index contributed by atoms with van der Waals surface area (Å²) in [6, 6.07) is 0. The number of carbonyl (C=O) groups is 2. The van der Waals surface area contributed by atoms with E-state index >= 15 is 0 Å². The summed E-state index contributed by atoms with van der Waals surface area (Å²) >= 11 is 0. The molecule has 1 saturated carbocycles. The number of ether oxygens (including phenoxy) is 1. The van der Waals surface area contributed by atoms with Crippen LogP contribution in [0.4, 0.5) is 0 Å². The maximum Gasteiger partial charge on any atom is 0.310 e. The van der Waals surface area contributed by atoms with Crippen molar-refractivity contribution in [3.05, 3.63) is 23.8 Å². The number of hydrogen-bond acceptors (Lipinski definition) is 3. The number of Topliss-reactive ketones (excluding diaryl/α,β-unsaturated/α-hetero) is 1. The third kappa shape index (κ3) is 2.27. The molecule has 21 heavy (non-hydrogen) atoms. The van der Waals surface area contributed by atoms with E-state index in [0.29, 0.717) is 6.42 Å². The average Bonchev–Trinajstić information content (AvgIpc) is 2.74. The zero-order chi connectivity index (χ0) is 16.0. The van der Waals surface area contributed by atoms with E-state index in [1.165, 1.54) is 0 Å². The Hall–Kier alpha value is -1.38. The van der Waals surface area contributed by atoms with Crippen molar-refractivity contribution in [3.8, 4) is 0 Å². The largest absolute Gasteiger partial charge is 0.457 e. The van der Waals surface area contributed by atoms with E-state index in [1.54, 1.807) is 6.08 Å². The Morgan fingerprint density at radius 1 is 1.43 bits per heavy atom. The summed E-state index contributed by atoms with van der Waals surface area (Å²) in [6.45, 7) is 14.1. The number of hydrogen-bond donors (Lipinski definition) is 0. The molecule has 0 aromatic carbocycles. The highest BCUT2D eigenvalue weighted by Gasteiger charge is 2.71. The first-order chi connectivity index (χ1) is 9.70. The second-order valence-corrected chi connectivity index (χ2v) is 7.13. The summed E-state index contributed by atoms with van der Waals surface area (Å²) in [7, 11) is 0. The van der Waals surface area contributed by atoms with Crippen molar-refractivity contribution in [1.82, 2.24) is 0 Å². The fourth-order valence-electron chi connectivity index (χ4n) is 3.90. The minimum atomic E-state index is -0.377. The second kappa shape index (κ2) is 5.11. The third-order valence-electron chi connectivity index (χ3n) is 5.99. The van der Waals surface area contributed by atoms with E-state index in [0.717, 1.165) is 17.6 Å². The normalized spacial score (nSPS) is 34.0. The van der Waals surface area contributed by atoms with Crippen molar-refractivity contribution < 1.29 is 14.3 Å². The van der Waals surface area contributed by atoms with Crippen molar-refractivity contribution in [2.45, 2.75) is 60.0 Å². The van der Waals surface area contributed by atoms with E-state index < -0.39 is 0 Å². The van der Waals surface area contributed by atoms with E-state index in [2.05, 4.69) is 34.3 Å². The summed E-state index contributed by atoms with van der Waals surface area (Å²) in [6.07, 6.45) is 3.15. The lowest BCUT2D eigenvalue weighted by Gasteiger charge is -2.14. The van der Waals surface area contributed by atoms with Gasteiger partial charge in [0.1, 0.15) is 6.10 Å². The average molecular weight is 290 g/mol. The molecular formula is C18H26O3. The lowest BCUT2D eigenvalue weighted by atomic mass is 9.96. The molecule has 3 heteroatoms. The van der Waals surface area contributed by atoms with Gasteiger partial charge in [0.15, 0.2) is 5.78 Å². The fourth-order valence-corrected chi connectivity index (χ4v) is 3.90. The molecule has 3 nitrogen and oxygen atoms in total. The van der Waals surface area contributed by atoms with Crippen molar-refractivity contribution >= 4 is 11.8 Å². The van der Waals surface area contributed by atoms with Crippen LogP contribution in [0.5, 0.6) is 0 Å². The SMILES string of the molecule is C=CCC1=C(C)C(OC(=O)C2C(C)(C)C2(C)CC)CC1=O. The van der Waals surface area contributed by atoms with E-state index in [4.69, 9.17) is 4.74 Å². The van der Waals surface area contributed by atoms with Gasteiger partial charge in [0, 0.05) is 5.57 Å². The second-order valence-electron chi connectivity index (χ2n) is 7.13. The predicted molar refractivity (Wildman–Crippen MR) is 82.7 cm³/mol. The number of rotatable bonds is 5. The van der Waals surface area contributed by atoms with Gasteiger partial charge in [-0.3, -0.25) is 9.59 Å². The van der Waals surface area contributed by atoms with Crippen LogP contribution < -0.4 is 0 Å². The number of esters is 1. The van der Waals surface area contributed by atoms with Gasteiger partial charge in [0.25, 0.3) is 0 Å². The first-order valence-electron chi connectivity index (χ1n) is 7.75. The van der Waals surface area contributed by atoms with Crippen molar-refractivity contribution in [3.63, 3.8) is 0 Å². The fraction of sp³-hybridized carbons (Fsp3) is 0.667. The molecule has 0 N–H and O–H groups in total. The standard InChI is InChI=1S/C18H26O3/c1-7-9-12-11(3)14(10-13(12)19)21-16(20)15-17(4,5)18(15,6)8-2/h7,14-15H,1,8-10H2,2-6H3. The zero-order valence-corrected chi connectivity index (χ0v) is 13.8. The summed E-state index contributed by atoms with van der Waals surface area (Å²) in [5, 5.41) is 0. The Kier molecular flexibility index (Phi) is 3.90. The Labute approximate surface area is 127 Å². The molecule has 0 bridgehead atoms. The van der Waals surface area contributed by atoms with Crippen LogP contribution in [0.25, 0.3) is 0 Å². The van der Waals surface area contributed by atoms with Crippen LogP contribution in [-0.4, -0.2) is 17.9 Å². The molecular weight excluding hydrogens is 264 g/mol. The van der Waals surface area contributed by atoms with Crippen LogP contribution >= 0.6 is 0 Å². The molecule has 0 aromatic rings. The van der Waals surface area contributed by atoms with Gasteiger partial charge in [0.2, 0.25) is 0 Å². The number of allylic oxidation sites excluding steroid dienone is 2. The Morgan fingerprint density at radius 2 is 2.05 bits per heavy atom. The molecule has 3 unspecified atom stereocenters. The minimum absolute atomic E-state index is 0.00820. The third-order valence-corrected chi connectivity index (χ3v) is 5.99. The quantitative estimate of drug-likeness (QED) is 0.571. The maximum atomic E-state index is 12.5. The lowest BCUT2D eigenvalue weighted by Crippen LogP contribution is -2.21. The van der Waals surface area contributed by atoms with Gasteiger partial charge in [-0.15, -0.1) is 6.58 Å². The van der Waals surface area contributed by atoms with E-state index in [1.807, 2.05) is 6.92 Å². The molecule has 1 fully saturated rings. The van der Waals surface area contributed by atoms with E-state index in [-0.39, 0.29) is 41.0 Å². The van der Waals surface area contributed by atoms with Crippen LogP contribution in [0.15, 0.2) is 23.8 Å². The van der Waals surface area contributed by atoms with Crippen LogP contribution in [0.2, 0.25) is 0 Å². The topological polar surface area (TPSA) is 43.4 Å². The van der Waals surface area contributed by atoms with Gasteiger partial charge in [-0.25, -0.2) is 0 Å². The molecule has 0 radical (unpaired) electrons. The minimum Gasteiger partial charge on any atom is -0.457 e. The molecule has 2 rings (SSSR count). The van der Waals surface area contributed by atoms with Gasteiger partial charge in [0.05, 0.1) is 12.3 Å². The van der Waals surface area contributed by atoms with Crippen LogP contribution in [0.3, 0.4) is 0 Å². The van der Waals surface area contributed by atoms with Gasteiger partial charge < -0.3 is 4.74 Å². The first kappa shape index (κ1) is 16.0. The van der Waals surface area contributed by atoms with Gasteiger partial charge in [-0.1, -0.05) is 33.8 Å². The smallest absolute Gasteiger partial charge is 0.310 e. The first-order valence-corrected chi connectivity index (χ1v) is 7.75. The van der Waals surface area contributed by atoms with Crippen molar-refractivity contribution in [2.24, 2.45) is 16.7 Å². The molecule has 0 saturated heterocycles. The van der Waals surface area contributed by atoms with Crippen LogP contribution in [0, 0.1) is 16.7 Å². The molecule has 0 aliphatic heterocycles. The summed E-state index contributed by atoms with van der Waals surface area (Å²) in [4.78, 5) is 24.5. The highest BCUT2D eigenvalue weighted by atomic mass is 16.5. The zero-order valence-electron chi connectivity index (χ0n) is 13.8. The lowest BCUT2D eigenvalue weighted by molar-refractivity contribution is -0.150. The van der Waals surface area contributed by atoms with Gasteiger partial charge in [-0.2, -0.15) is 0 Å². The van der Waals surface area contributed by atoms with Crippen molar-refractivity contribution in [2.75, 3.05) is 0 Å². The van der Waals surface area contributed by atoms with E-state index in [9.17, 15) is 9.59 Å². The molecule has 0 aromatic heterocycles. The molecule has 2 aliphatic carbocycles. The highest BCUT2D eigenvalue weighted by Crippen LogP contribution is 2.70. The van der Waals surface area contributed by atoms with Gasteiger partial charge in [-0.05, 0) is 36.2 Å². The Morgan fingerprint density at radius 3 is 2.52 bits per heavy atom. The molecule has 3 atom stereocenters. The van der Waals surface area contributed by atoms with Crippen LogP contribution in [-0.2, 0) is 14.3 Å². The molecule has 2 aliphatic rings. The summed E-state index contributed by atoms with van der Waals surface area (Å²) < 4.78 is 5.68. The summed E-state index contributed by atoms with van der Waals surface area (Å²) in [5.41, 5.74) is 1.64. The van der Waals surface area contributed by atoms with Gasteiger partial charge >= 0.3 is 5.97 Å². The predicted octanol–water partition coefficient (Wildman–Crippen LogP) is 3.84. The van der Waals surface area contributed by atoms with Crippen molar-refractivity contribution in [1.29, 1.82) is 0 Å². The molecule has 0 spiro atoms. The molecule has 0 heterocycles. The summed E-state index contributed by atoms with van der Waals surface area (Å²) in [5.74, 6) is -0.138. The number of carbonyl (C=O) groups excluding carboxylic acids is 2. The Balaban J connectivity index is 2.09. The number of ketones is 1. The monoisotopic (exact) mass is 290 g/mol. The maximum absolute atomic E-state index is 12.5. The molecule has 116 valence electrons. The molecule has 0 amide bonds. The Bertz CT molecular complexity index is 527. The van der Waals surface area contributed by atoms with Crippen LogP contribution in [0.1, 0.15) is 53.9 Å². The highest BCUT2D eigenvalue weighted by molar-refractivity contribution is 6.00.